The molecule has 0 aliphatic rings. The molecular weight excluding hydrogens is 254 g/mol. The fraction of sp³-hybridized carbons (Fsp3) is 0.500. The van der Waals surface area contributed by atoms with Crippen molar-refractivity contribution in [3.8, 4) is 0 Å². The maximum atomic E-state index is 13.8. The molecule has 2 unspecified atom stereocenters. The lowest BCUT2D eigenvalue weighted by molar-refractivity contribution is -0.159. The summed E-state index contributed by atoms with van der Waals surface area (Å²) in [5.74, 6) is -3.90. The molecule has 0 radical (unpaired) electrons. The molecule has 3 nitrogen and oxygen atoms in total. The Labute approximate surface area is 111 Å². The Morgan fingerprint density at radius 1 is 1.32 bits per heavy atom. The molecule has 0 heterocycles. The number of ether oxygens (including phenoxy) is 1. The number of esters is 1. The van der Waals surface area contributed by atoms with Crippen molar-refractivity contribution >= 4 is 5.97 Å². The quantitative estimate of drug-likeness (QED) is 0.857. The highest BCUT2D eigenvalue weighted by Crippen LogP contribution is 2.37. The topological polar surface area (TPSA) is 46.5 Å². The van der Waals surface area contributed by atoms with Gasteiger partial charge in [0.2, 0.25) is 0 Å². The first-order chi connectivity index (χ1) is 8.73. The molecule has 0 saturated carbocycles. The molecule has 19 heavy (non-hydrogen) atoms. The van der Waals surface area contributed by atoms with Crippen LogP contribution in [0, 0.1) is 23.5 Å². The SMILES string of the molecule is COC(=O)C(C(C)C)C(C)(O)c1c(F)cccc1F. The Hall–Kier alpha value is -1.49. The van der Waals surface area contributed by atoms with Crippen molar-refractivity contribution in [1.82, 2.24) is 0 Å². The van der Waals surface area contributed by atoms with Crippen LogP contribution in [0.25, 0.3) is 0 Å². The summed E-state index contributed by atoms with van der Waals surface area (Å²) in [6.07, 6.45) is 0. The van der Waals surface area contributed by atoms with Gasteiger partial charge in [0.25, 0.3) is 0 Å². The zero-order valence-corrected chi connectivity index (χ0v) is 11.4. The third-order valence-electron chi connectivity index (χ3n) is 3.20. The van der Waals surface area contributed by atoms with Crippen LogP contribution >= 0.6 is 0 Å². The van der Waals surface area contributed by atoms with Crippen LogP contribution in [0.15, 0.2) is 18.2 Å². The van der Waals surface area contributed by atoms with Crippen molar-refractivity contribution in [2.75, 3.05) is 7.11 Å². The summed E-state index contributed by atoms with van der Waals surface area (Å²) in [5.41, 5.74) is -2.50. The Balaban J connectivity index is 3.38. The van der Waals surface area contributed by atoms with Crippen LogP contribution in [0.5, 0.6) is 0 Å². The standard InChI is InChI=1S/C14H18F2O3/c1-8(2)11(13(17)19-4)14(3,18)12-9(15)6-5-7-10(12)16/h5-8,11,18H,1-4H3. The minimum atomic E-state index is -1.99. The van der Waals surface area contributed by atoms with E-state index in [9.17, 15) is 18.7 Å². The van der Waals surface area contributed by atoms with Gasteiger partial charge in [-0.3, -0.25) is 4.79 Å². The first-order valence-electron chi connectivity index (χ1n) is 5.98. The summed E-state index contributed by atoms with van der Waals surface area (Å²) >= 11 is 0. The van der Waals surface area contributed by atoms with Gasteiger partial charge < -0.3 is 9.84 Å². The minimum Gasteiger partial charge on any atom is -0.469 e. The third-order valence-corrected chi connectivity index (χ3v) is 3.20. The predicted octanol–water partition coefficient (Wildman–Crippen LogP) is 2.62. The average molecular weight is 272 g/mol. The number of aliphatic hydroxyl groups is 1. The number of hydrogen-bond donors (Lipinski definition) is 1. The van der Waals surface area contributed by atoms with E-state index in [1.54, 1.807) is 13.8 Å². The number of rotatable bonds is 4. The molecule has 106 valence electrons. The van der Waals surface area contributed by atoms with Crippen molar-refractivity contribution in [1.29, 1.82) is 0 Å². The molecule has 0 aliphatic carbocycles. The molecule has 2 atom stereocenters. The molecule has 1 aromatic rings. The predicted molar refractivity (Wildman–Crippen MR) is 66.3 cm³/mol. The van der Waals surface area contributed by atoms with Crippen LogP contribution in [-0.4, -0.2) is 18.2 Å². The highest BCUT2D eigenvalue weighted by Gasteiger charge is 2.44. The van der Waals surface area contributed by atoms with Gasteiger partial charge in [-0.2, -0.15) is 0 Å². The Morgan fingerprint density at radius 2 is 1.79 bits per heavy atom. The molecule has 1 aromatic carbocycles. The summed E-state index contributed by atoms with van der Waals surface area (Å²) in [6.45, 7) is 4.57. The Bertz CT molecular complexity index is 450. The number of methoxy groups -OCH3 is 1. The molecule has 0 saturated heterocycles. The Kier molecular flexibility index (Phi) is 4.63. The molecule has 0 fully saturated rings. The van der Waals surface area contributed by atoms with Gasteiger partial charge in [0.05, 0.1) is 18.6 Å². The fourth-order valence-corrected chi connectivity index (χ4v) is 2.41. The molecule has 0 aliphatic heterocycles. The van der Waals surface area contributed by atoms with Crippen molar-refractivity contribution in [2.45, 2.75) is 26.4 Å². The van der Waals surface area contributed by atoms with Crippen molar-refractivity contribution in [3.63, 3.8) is 0 Å². The number of hydrogen-bond acceptors (Lipinski definition) is 3. The van der Waals surface area contributed by atoms with Crippen LogP contribution in [0.1, 0.15) is 26.3 Å². The summed E-state index contributed by atoms with van der Waals surface area (Å²) in [5, 5.41) is 10.5. The molecular formula is C14H18F2O3. The van der Waals surface area contributed by atoms with E-state index in [0.29, 0.717) is 0 Å². The first kappa shape index (κ1) is 15.6. The van der Waals surface area contributed by atoms with Gasteiger partial charge in [0.15, 0.2) is 0 Å². The molecule has 5 heteroatoms. The van der Waals surface area contributed by atoms with Crippen molar-refractivity contribution in [2.24, 2.45) is 11.8 Å². The monoisotopic (exact) mass is 272 g/mol. The molecule has 0 spiro atoms. The van der Waals surface area contributed by atoms with E-state index in [1.165, 1.54) is 20.1 Å². The van der Waals surface area contributed by atoms with E-state index in [1.807, 2.05) is 0 Å². The minimum absolute atomic E-state index is 0.346. The van der Waals surface area contributed by atoms with E-state index in [-0.39, 0.29) is 5.92 Å². The van der Waals surface area contributed by atoms with E-state index in [0.717, 1.165) is 12.1 Å². The van der Waals surface area contributed by atoms with E-state index in [4.69, 9.17) is 0 Å². The van der Waals surface area contributed by atoms with Gasteiger partial charge in [0, 0.05) is 0 Å². The number of benzene rings is 1. The summed E-state index contributed by atoms with van der Waals surface area (Å²) in [6, 6.07) is 3.29. The van der Waals surface area contributed by atoms with Crippen LogP contribution in [-0.2, 0) is 15.1 Å². The second-order valence-corrected chi connectivity index (χ2v) is 4.99. The smallest absolute Gasteiger partial charge is 0.312 e. The van der Waals surface area contributed by atoms with E-state index >= 15 is 0 Å². The fourth-order valence-electron chi connectivity index (χ4n) is 2.41. The highest BCUT2D eigenvalue weighted by atomic mass is 19.1. The van der Waals surface area contributed by atoms with E-state index < -0.39 is 34.7 Å². The van der Waals surface area contributed by atoms with Gasteiger partial charge >= 0.3 is 5.97 Å². The largest absolute Gasteiger partial charge is 0.469 e. The van der Waals surface area contributed by atoms with Crippen LogP contribution in [0.3, 0.4) is 0 Å². The molecule has 1 rings (SSSR count). The molecule has 0 amide bonds. The second-order valence-electron chi connectivity index (χ2n) is 4.99. The van der Waals surface area contributed by atoms with Crippen LogP contribution in [0.4, 0.5) is 8.78 Å². The summed E-state index contributed by atoms with van der Waals surface area (Å²) in [7, 11) is 1.17. The van der Waals surface area contributed by atoms with Crippen LogP contribution in [0.2, 0.25) is 0 Å². The lowest BCUT2D eigenvalue weighted by atomic mass is 9.76. The lowest BCUT2D eigenvalue weighted by Crippen LogP contribution is -2.42. The zero-order chi connectivity index (χ0) is 14.8. The van der Waals surface area contributed by atoms with E-state index in [2.05, 4.69) is 4.74 Å². The lowest BCUT2D eigenvalue weighted by Gasteiger charge is -2.34. The number of carbonyl (C=O) groups is 1. The van der Waals surface area contributed by atoms with Gasteiger partial charge in [-0.05, 0) is 25.0 Å². The second kappa shape index (κ2) is 5.65. The molecule has 0 bridgehead atoms. The first-order valence-corrected chi connectivity index (χ1v) is 5.98. The van der Waals surface area contributed by atoms with Crippen LogP contribution < -0.4 is 0 Å². The van der Waals surface area contributed by atoms with Crippen molar-refractivity contribution in [3.05, 3.63) is 35.4 Å². The Morgan fingerprint density at radius 3 is 2.16 bits per heavy atom. The maximum Gasteiger partial charge on any atom is 0.312 e. The van der Waals surface area contributed by atoms with Gasteiger partial charge in [-0.1, -0.05) is 19.9 Å². The summed E-state index contributed by atoms with van der Waals surface area (Å²) < 4.78 is 32.2. The number of halogens is 2. The summed E-state index contributed by atoms with van der Waals surface area (Å²) in [4.78, 5) is 11.8. The average Bonchev–Trinajstić information content (AvgIpc) is 2.27. The maximum absolute atomic E-state index is 13.8. The number of carbonyl (C=O) groups excluding carboxylic acids is 1. The highest BCUT2D eigenvalue weighted by molar-refractivity contribution is 5.74. The van der Waals surface area contributed by atoms with Gasteiger partial charge in [0.1, 0.15) is 17.2 Å². The normalized spacial score (nSPS) is 16.0. The zero-order valence-electron chi connectivity index (χ0n) is 11.4. The molecule has 1 N–H and O–H groups in total. The van der Waals surface area contributed by atoms with Gasteiger partial charge in [-0.25, -0.2) is 8.78 Å². The third kappa shape index (κ3) is 2.92. The molecule has 0 aromatic heterocycles. The van der Waals surface area contributed by atoms with Gasteiger partial charge in [-0.15, -0.1) is 0 Å². The van der Waals surface area contributed by atoms with Crippen molar-refractivity contribution < 1.29 is 23.4 Å².